The molecule has 0 aliphatic carbocycles. The van der Waals surface area contributed by atoms with Gasteiger partial charge in [0, 0.05) is 6.20 Å². The van der Waals surface area contributed by atoms with Crippen molar-refractivity contribution >= 4 is 23.8 Å². The van der Waals surface area contributed by atoms with Crippen molar-refractivity contribution in [1.82, 2.24) is 10.3 Å². The molecule has 9 heteroatoms. The Morgan fingerprint density at radius 1 is 0.758 bits per heavy atom. The second kappa shape index (κ2) is 11.2. The third-order valence-corrected chi connectivity index (χ3v) is 4.43. The third-order valence-electron chi connectivity index (χ3n) is 4.43. The summed E-state index contributed by atoms with van der Waals surface area (Å²) in [4.78, 5) is 53.9. The molecule has 3 rings (SSSR count). The number of hydrogen-bond donors (Lipinski definition) is 2. The highest BCUT2D eigenvalue weighted by Crippen LogP contribution is 2.14. The predicted molar refractivity (Wildman–Crippen MR) is 115 cm³/mol. The van der Waals surface area contributed by atoms with Crippen LogP contribution in [0.4, 0.5) is 0 Å². The molecule has 2 aromatic carbocycles. The van der Waals surface area contributed by atoms with Gasteiger partial charge in [-0.3, -0.25) is 9.78 Å². The van der Waals surface area contributed by atoms with Gasteiger partial charge in [-0.05, 0) is 36.4 Å². The van der Waals surface area contributed by atoms with E-state index in [1.807, 2.05) is 0 Å². The van der Waals surface area contributed by atoms with E-state index in [1.54, 1.807) is 54.6 Å². The van der Waals surface area contributed by atoms with Crippen molar-refractivity contribution in [3.8, 4) is 0 Å². The number of nitrogens with zero attached hydrogens (tertiary/aromatic N) is 1. The maximum Gasteiger partial charge on any atom is 0.349 e. The number of aliphatic carboxylic acids is 1. The summed E-state index contributed by atoms with van der Waals surface area (Å²) < 4.78 is 10.3. The molecule has 1 amide bonds. The van der Waals surface area contributed by atoms with Crippen LogP contribution in [0.25, 0.3) is 0 Å². The first-order valence-corrected chi connectivity index (χ1v) is 9.88. The summed E-state index contributed by atoms with van der Waals surface area (Å²) in [5.41, 5.74) is 0.663. The molecular formula is C24H20N2O7. The monoisotopic (exact) mass is 448 g/mol. The SMILES string of the molecule is O=C(OC(C(=O)O)C(OC(=O)c1ccccc1)C(=O)NCc1ccccn1)c1ccccc1. The van der Waals surface area contributed by atoms with Gasteiger partial charge in [0.05, 0.1) is 23.4 Å². The number of benzene rings is 2. The van der Waals surface area contributed by atoms with Gasteiger partial charge in [0.1, 0.15) is 0 Å². The van der Waals surface area contributed by atoms with E-state index < -0.39 is 36.0 Å². The number of ether oxygens (including phenoxy) is 2. The van der Waals surface area contributed by atoms with E-state index in [9.17, 15) is 24.3 Å². The average molecular weight is 448 g/mol. The topological polar surface area (TPSA) is 132 Å². The second-order valence-electron chi connectivity index (χ2n) is 6.76. The van der Waals surface area contributed by atoms with Crippen LogP contribution in [0.1, 0.15) is 26.4 Å². The molecule has 0 saturated carbocycles. The van der Waals surface area contributed by atoms with Crippen LogP contribution in [0.15, 0.2) is 85.1 Å². The molecule has 2 unspecified atom stereocenters. The van der Waals surface area contributed by atoms with E-state index in [4.69, 9.17) is 9.47 Å². The molecule has 0 bridgehead atoms. The van der Waals surface area contributed by atoms with Crippen molar-refractivity contribution in [1.29, 1.82) is 0 Å². The Kier molecular flexibility index (Phi) is 7.85. The van der Waals surface area contributed by atoms with Crippen LogP contribution in [0, 0.1) is 0 Å². The standard InChI is InChI=1S/C24H20N2O7/c27-21(26-15-18-13-7-8-14-25-18)19(32-23(30)16-9-3-1-4-10-16)20(22(28)29)33-24(31)17-11-5-2-6-12-17/h1-14,19-20H,15H2,(H,26,27)(H,28,29). The molecule has 0 radical (unpaired) electrons. The van der Waals surface area contributed by atoms with E-state index in [0.717, 1.165) is 0 Å². The molecule has 1 heterocycles. The molecule has 0 fully saturated rings. The van der Waals surface area contributed by atoms with Crippen LogP contribution in [0.5, 0.6) is 0 Å². The molecule has 0 aliphatic rings. The molecule has 3 aromatic rings. The number of carboxylic acids is 1. The number of rotatable bonds is 9. The van der Waals surface area contributed by atoms with Crippen LogP contribution < -0.4 is 5.32 Å². The molecule has 2 N–H and O–H groups in total. The molecule has 0 spiro atoms. The molecule has 1 aromatic heterocycles. The van der Waals surface area contributed by atoms with Crippen molar-refractivity contribution < 1.29 is 33.8 Å². The number of carbonyl (C=O) groups is 4. The van der Waals surface area contributed by atoms with Gasteiger partial charge < -0.3 is 19.9 Å². The fraction of sp³-hybridized carbons (Fsp3) is 0.125. The first kappa shape index (κ1) is 23.1. The number of carboxylic acid groups (broad SMARTS) is 1. The Morgan fingerprint density at radius 3 is 1.76 bits per heavy atom. The minimum Gasteiger partial charge on any atom is -0.478 e. The van der Waals surface area contributed by atoms with Gasteiger partial charge in [-0.1, -0.05) is 42.5 Å². The maximum absolute atomic E-state index is 12.9. The quantitative estimate of drug-likeness (QED) is 0.477. The molecule has 9 nitrogen and oxygen atoms in total. The fourth-order valence-electron chi connectivity index (χ4n) is 2.79. The highest BCUT2D eigenvalue weighted by Gasteiger charge is 2.40. The number of nitrogens with one attached hydrogen (secondary N) is 1. The Balaban J connectivity index is 1.83. The molecule has 0 saturated heterocycles. The summed E-state index contributed by atoms with van der Waals surface area (Å²) in [5.74, 6) is -4.55. The van der Waals surface area contributed by atoms with Crippen LogP contribution in [-0.2, 0) is 25.6 Å². The lowest BCUT2D eigenvalue weighted by molar-refractivity contribution is -0.159. The number of esters is 2. The average Bonchev–Trinajstić information content (AvgIpc) is 2.86. The zero-order chi connectivity index (χ0) is 23.6. The van der Waals surface area contributed by atoms with E-state index in [2.05, 4.69) is 10.3 Å². The minimum absolute atomic E-state index is 0.0575. The van der Waals surface area contributed by atoms with Crippen molar-refractivity contribution in [2.45, 2.75) is 18.8 Å². The lowest BCUT2D eigenvalue weighted by atomic mass is 10.1. The predicted octanol–water partition coefficient (Wildman–Crippen LogP) is 2.23. The summed E-state index contributed by atoms with van der Waals surface area (Å²) in [5, 5.41) is 12.2. The zero-order valence-electron chi connectivity index (χ0n) is 17.3. The highest BCUT2D eigenvalue weighted by molar-refractivity contribution is 5.96. The van der Waals surface area contributed by atoms with Crippen molar-refractivity contribution in [3.63, 3.8) is 0 Å². The molecular weight excluding hydrogens is 428 g/mol. The smallest absolute Gasteiger partial charge is 0.349 e. The lowest BCUT2D eigenvalue weighted by Gasteiger charge is -2.23. The first-order chi connectivity index (χ1) is 16.0. The Hall–Kier alpha value is -4.53. The summed E-state index contributed by atoms with van der Waals surface area (Å²) in [6.45, 7) is -0.0575. The Bertz CT molecular complexity index is 1110. The molecule has 33 heavy (non-hydrogen) atoms. The maximum atomic E-state index is 12.9. The lowest BCUT2D eigenvalue weighted by Crippen LogP contribution is -2.50. The van der Waals surface area contributed by atoms with Crippen LogP contribution >= 0.6 is 0 Å². The zero-order valence-corrected chi connectivity index (χ0v) is 17.3. The molecule has 168 valence electrons. The van der Waals surface area contributed by atoms with Crippen LogP contribution in [0.3, 0.4) is 0 Å². The number of pyridine rings is 1. The summed E-state index contributed by atoms with van der Waals surface area (Å²) in [7, 11) is 0. The summed E-state index contributed by atoms with van der Waals surface area (Å²) in [6.07, 6.45) is -2.52. The third kappa shape index (κ3) is 6.47. The Morgan fingerprint density at radius 2 is 1.27 bits per heavy atom. The number of aromatic nitrogens is 1. The van der Waals surface area contributed by atoms with Gasteiger partial charge in [-0.2, -0.15) is 0 Å². The fourth-order valence-corrected chi connectivity index (χ4v) is 2.79. The van der Waals surface area contributed by atoms with Gasteiger partial charge in [0.2, 0.25) is 12.2 Å². The van der Waals surface area contributed by atoms with Crippen molar-refractivity contribution in [2.24, 2.45) is 0 Å². The van der Waals surface area contributed by atoms with Gasteiger partial charge in [0.15, 0.2) is 0 Å². The van der Waals surface area contributed by atoms with E-state index in [-0.39, 0.29) is 17.7 Å². The summed E-state index contributed by atoms with van der Waals surface area (Å²) in [6, 6.07) is 20.4. The molecule has 2 atom stereocenters. The largest absolute Gasteiger partial charge is 0.478 e. The van der Waals surface area contributed by atoms with Gasteiger partial charge in [0.25, 0.3) is 5.91 Å². The Labute approximate surface area is 189 Å². The molecule has 0 aliphatic heterocycles. The number of hydrogen-bond acceptors (Lipinski definition) is 7. The van der Waals surface area contributed by atoms with Gasteiger partial charge in [-0.15, -0.1) is 0 Å². The minimum atomic E-state index is -2.09. The van der Waals surface area contributed by atoms with Gasteiger partial charge >= 0.3 is 17.9 Å². The number of carbonyl (C=O) groups excluding carboxylic acids is 3. The van der Waals surface area contributed by atoms with E-state index in [0.29, 0.717) is 5.69 Å². The van der Waals surface area contributed by atoms with Crippen LogP contribution in [0.2, 0.25) is 0 Å². The van der Waals surface area contributed by atoms with Crippen molar-refractivity contribution in [2.75, 3.05) is 0 Å². The highest BCUT2D eigenvalue weighted by atomic mass is 16.6. The van der Waals surface area contributed by atoms with Crippen LogP contribution in [-0.4, -0.2) is 46.1 Å². The van der Waals surface area contributed by atoms with E-state index >= 15 is 0 Å². The van der Waals surface area contributed by atoms with Gasteiger partial charge in [-0.25, -0.2) is 14.4 Å². The van der Waals surface area contributed by atoms with E-state index in [1.165, 1.54) is 30.5 Å². The normalized spacial score (nSPS) is 12.1. The van der Waals surface area contributed by atoms with Crippen molar-refractivity contribution in [3.05, 3.63) is 102 Å². The second-order valence-corrected chi connectivity index (χ2v) is 6.76. The summed E-state index contributed by atoms with van der Waals surface area (Å²) >= 11 is 0. The number of amides is 1. The first-order valence-electron chi connectivity index (χ1n) is 9.88.